The van der Waals surface area contributed by atoms with Crippen molar-refractivity contribution in [1.29, 1.82) is 0 Å². The van der Waals surface area contributed by atoms with Gasteiger partial charge in [0, 0.05) is 13.2 Å². The summed E-state index contributed by atoms with van der Waals surface area (Å²) in [6, 6.07) is -1.27. The van der Waals surface area contributed by atoms with Gasteiger partial charge in [0.25, 0.3) is 0 Å². The van der Waals surface area contributed by atoms with Crippen molar-refractivity contribution in [2.45, 2.75) is 57.6 Å². The van der Waals surface area contributed by atoms with Crippen molar-refractivity contribution in [3.8, 4) is 0 Å². The minimum Gasteiger partial charge on any atom is -0.480 e. The molecule has 1 saturated heterocycles. The predicted molar refractivity (Wildman–Crippen MR) is 71.1 cm³/mol. The number of urea groups is 1. The van der Waals surface area contributed by atoms with E-state index in [0.29, 0.717) is 19.6 Å². The molecule has 2 amide bonds. The number of rotatable bonds is 7. The second-order valence-corrected chi connectivity index (χ2v) is 5.26. The van der Waals surface area contributed by atoms with E-state index < -0.39 is 18.0 Å². The van der Waals surface area contributed by atoms with Gasteiger partial charge in [0.2, 0.25) is 0 Å². The van der Waals surface area contributed by atoms with Crippen LogP contribution in [0.15, 0.2) is 0 Å². The summed E-state index contributed by atoms with van der Waals surface area (Å²) in [7, 11) is 0. The molecule has 0 aromatic rings. The first kappa shape index (κ1) is 15.8. The molecule has 19 heavy (non-hydrogen) atoms. The van der Waals surface area contributed by atoms with Crippen molar-refractivity contribution in [2.24, 2.45) is 0 Å². The molecular weight excluding hydrogens is 248 g/mol. The van der Waals surface area contributed by atoms with Crippen molar-refractivity contribution >= 4 is 12.0 Å². The van der Waals surface area contributed by atoms with Crippen molar-refractivity contribution in [3.63, 3.8) is 0 Å². The first-order chi connectivity index (χ1) is 8.97. The van der Waals surface area contributed by atoms with Crippen LogP contribution in [0.4, 0.5) is 4.79 Å². The first-order valence-electron chi connectivity index (χ1n) is 6.88. The minimum atomic E-state index is -0.994. The van der Waals surface area contributed by atoms with E-state index in [4.69, 9.17) is 9.84 Å². The first-order valence-corrected chi connectivity index (χ1v) is 6.88. The van der Waals surface area contributed by atoms with Crippen LogP contribution in [0.5, 0.6) is 0 Å². The minimum absolute atomic E-state index is 0.320. The Labute approximate surface area is 113 Å². The Kier molecular flexibility index (Phi) is 6.08. The maximum Gasteiger partial charge on any atom is 0.326 e. The zero-order chi connectivity index (χ0) is 14.3. The van der Waals surface area contributed by atoms with Crippen LogP contribution in [0.25, 0.3) is 0 Å². The van der Waals surface area contributed by atoms with Crippen LogP contribution >= 0.6 is 0 Å². The van der Waals surface area contributed by atoms with Gasteiger partial charge >= 0.3 is 12.0 Å². The molecular formula is C13H24N2O4. The third-order valence-corrected chi connectivity index (χ3v) is 3.37. The number of carbonyl (C=O) groups excluding carboxylic acids is 1. The Hall–Kier alpha value is -1.30. The van der Waals surface area contributed by atoms with Crippen molar-refractivity contribution in [3.05, 3.63) is 0 Å². The molecule has 110 valence electrons. The quantitative estimate of drug-likeness (QED) is 0.655. The summed E-state index contributed by atoms with van der Waals surface area (Å²) in [6.45, 7) is 5.05. The van der Waals surface area contributed by atoms with Gasteiger partial charge in [-0.05, 0) is 26.2 Å². The molecule has 6 heteroatoms. The van der Waals surface area contributed by atoms with Crippen LogP contribution in [0.1, 0.15) is 46.0 Å². The Balaban J connectivity index is 2.33. The molecule has 0 aromatic carbocycles. The standard InChI is InChI=1S/C13H24N2O4/c1-3-4-6-10(11(16)17)15-12(18)14-9-13(2)7-5-8-19-13/h10H,3-9H2,1-2H3,(H,16,17)(H2,14,15,18)/t10-,13?/m0/s1. The van der Waals surface area contributed by atoms with Crippen LogP contribution in [-0.4, -0.2) is 41.9 Å². The molecule has 6 nitrogen and oxygen atoms in total. The maximum atomic E-state index is 11.7. The lowest BCUT2D eigenvalue weighted by atomic mass is 10.0. The average molecular weight is 272 g/mol. The molecule has 2 atom stereocenters. The molecule has 1 unspecified atom stereocenters. The third kappa shape index (κ3) is 5.46. The molecule has 0 radical (unpaired) electrons. The van der Waals surface area contributed by atoms with E-state index in [1.807, 2.05) is 13.8 Å². The van der Waals surface area contributed by atoms with E-state index in [0.717, 1.165) is 25.7 Å². The van der Waals surface area contributed by atoms with Gasteiger partial charge in [-0.3, -0.25) is 0 Å². The Bertz CT molecular complexity index is 314. The van der Waals surface area contributed by atoms with Gasteiger partial charge in [-0.1, -0.05) is 19.8 Å². The van der Waals surface area contributed by atoms with Crippen LogP contribution in [0.2, 0.25) is 0 Å². The van der Waals surface area contributed by atoms with E-state index in [2.05, 4.69) is 10.6 Å². The van der Waals surface area contributed by atoms with Crippen LogP contribution in [0, 0.1) is 0 Å². The van der Waals surface area contributed by atoms with E-state index in [9.17, 15) is 9.59 Å². The smallest absolute Gasteiger partial charge is 0.326 e. The monoisotopic (exact) mass is 272 g/mol. The SMILES string of the molecule is CCCC[C@H](NC(=O)NCC1(C)CCCO1)C(=O)O. The zero-order valence-electron chi connectivity index (χ0n) is 11.7. The second kappa shape index (κ2) is 7.33. The van der Waals surface area contributed by atoms with E-state index in [1.165, 1.54) is 0 Å². The lowest BCUT2D eigenvalue weighted by Gasteiger charge is -2.24. The van der Waals surface area contributed by atoms with Gasteiger partial charge in [0.1, 0.15) is 6.04 Å². The molecule has 1 rings (SSSR count). The van der Waals surface area contributed by atoms with Gasteiger partial charge in [0.15, 0.2) is 0 Å². The van der Waals surface area contributed by atoms with Gasteiger partial charge in [-0.25, -0.2) is 9.59 Å². The number of carboxylic acids is 1. The third-order valence-electron chi connectivity index (χ3n) is 3.37. The molecule has 1 aliphatic heterocycles. The van der Waals surface area contributed by atoms with E-state index in [-0.39, 0.29) is 5.60 Å². The zero-order valence-corrected chi connectivity index (χ0v) is 11.7. The number of ether oxygens (including phenoxy) is 1. The van der Waals surface area contributed by atoms with Crippen molar-refractivity contribution in [2.75, 3.05) is 13.2 Å². The molecule has 0 aliphatic carbocycles. The van der Waals surface area contributed by atoms with Crippen LogP contribution in [-0.2, 0) is 9.53 Å². The molecule has 1 aliphatic rings. The Morgan fingerprint density at radius 2 is 2.21 bits per heavy atom. The number of unbranched alkanes of at least 4 members (excludes halogenated alkanes) is 1. The molecule has 1 heterocycles. The highest BCUT2D eigenvalue weighted by Gasteiger charge is 2.30. The molecule has 0 aromatic heterocycles. The van der Waals surface area contributed by atoms with Gasteiger partial charge in [-0.15, -0.1) is 0 Å². The molecule has 0 spiro atoms. The van der Waals surface area contributed by atoms with E-state index in [1.54, 1.807) is 0 Å². The fraction of sp³-hybridized carbons (Fsp3) is 0.846. The summed E-state index contributed by atoms with van der Waals surface area (Å²) >= 11 is 0. The number of carboxylic acid groups (broad SMARTS) is 1. The lowest BCUT2D eigenvalue weighted by molar-refractivity contribution is -0.139. The fourth-order valence-electron chi connectivity index (χ4n) is 2.12. The topological polar surface area (TPSA) is 87.7 Å². The van der Waals surface area contributed by atoms with Gasteiger partial charge in [-0.2, -0.15) is 0 Å². The van der Waals surface area contributed by atoms with Crippen molar-refractivity contribution in [1.82, 2.24) is 10.6 Å². The number of hydrogen-bond acceptors (Lipinski definition) is 3. The number of hydrogen-bond donors (Lipinski definition) is 3. The summed E-state index contributed by atoms with van der Waals surface area (Å²) < 4.78 is 5.55. The van der Waals surface area contributed by atoms with Gasteiger partial charge < -0.3 is 20.5 Å². The second-order valence-electron chi connectivity index (χ2n) is 5.26. The summed E-state index contributed by atoms with van der Waals surface area (Å²) in [4.78, 5) is 22.7. The highest BCUT2D eigenvalue weighted by Crippen LogP contribution is 2.23. The highest BCUT2D eigenvalue weighted by atomic mass is 16.5. The van der Waals surface area contributed by atoms with E-state index >= 15 is 0 Å². The fourth-order valence-corrected chi connectivity index (χ4v) is 2.12. The van der Waals surface area contributed by atoms with Crippen LogP contribution in [0.3, 0.4) is 0 Å². The highest BCUT2D eigenvalue weighted by molar-refractivity contribution is 5.82. The largest absolute Gasteiger partial charge is 0.480 e. The van der Waals surface area contributed by atoms with Gasteiger partial charge in [0.05, 0.1) is 5.60 Å². The predicted octanol–water partition coefficient (Wildman–Crippen LogP) is 1.50. The summed E-state index contributed by atoms with van der Waals surface area (Å²) in [6.07, 6.45) is 4.03. The number of amides is 2. The summed E-state index contributed by atoms with van der Waals surface area (Å²) in [5.74, 6) is -0.994. The average Bonchev–Trinajstić information content (AvgIpc) is 2.79. The molecule has 3 N–H and O–H groups in total. The number of aliphatic carboxylic acids is 1. The van der Waals surface area contributed by atoms with Crippen molar-refractivity contribution < 1.29 is 19.4 Å². The van der Waals surface area contributed by atoms with Crippen LogP contribution < -0.4 is 10.6 Å². The normalized spacial score (nSPS) is 23.9. The number of nitrogens with one attached hydrogen (secondary N) is 2. The molecule has 1 fully saturated rings. The maximum absolute atomic E-state index is 11.7. The number of carbonyl (C=O) groups is 2. The Morgan fingerprint density at radius 1 is 1.47 bits per heavy atom. The molecule has 0 saturated carbocycles. The lowest BCUT2D eigenvalue weighted by Crippen LogP contribution is -2.49. The summed E-state index contributed by atoms with van der Waals surface area (Å²) in [5.41, 5.74) is -0.320. The summed E-state index contributed by atoms with van der Waals surface area (Å²) in [5, 5.41) is 14.2. The Morgan fingerprint density at radius 3 is 2.74 bits per heavy atom. The molecule has 0 bridgehead atoms.